The number of fused-ring (bicyclic) bond motifs is 1. The standard InChI is InChI=1S/C18H14ClN3O3S2/c1-2-25-16(24)11-5-8-13-14(9-11)27-18(20-13)22-17(26)21-15(23)10-3-6-12(19)7-4-10/h3-9H,2H2,1H3,(H2,20,21,22,23,26). The molecule has 27 heavy (non-hydrogen) atoms. The number of thiocarbonyl (C=S) groups is 1. The maximum absolute atomic E-state index is 12.2. The predicted molar refractivity (Wildman–Crippen MR) is 111 cm³/mol. The van der Waals surface area contributed by atoms with Crippen LogP contribution in [0.4, 0.5) is 5.13 Å². The summed E-state index contributed by atoms with van der Waals surface area (Å²) in [5.74, 6) is -0.733. The molecule has 0 fully saturated rings. The molecule has 2 aromatic carbocycles. The van der Waals surface area contributed by atoms with Gasteiger partial charge in [-0.05, 0) is 61.6 Å². The first-order chi connectivity index (χ1) is 13.0. The summed E-state index contributed by atoms with van der Waals surface area (Å²) in [5.41, 5.74) is 1.60. The van der Waals surface area contributed by atoms with Crippen molar-refractivity contribution in [1.29, 1.82) is 0 Å². The number of carbonyl (C=O) groups excluding carboxylic acids is 2. The molecule has 0 unspecified atom stereocenters. The van der Waals surface area contributed by atoms with Gasteiger partial charge in [0.15, 0.2) is 10.2 Å². The molecule has 1 aromatic heterocycles. The highest BCUT2D eigenvalue weighted by Gasteiger charge is 2.12. The van der Waals surface area contributed by atoms with E-state index in [-0.39, 0.29) is 17.0 Å². The summed E-state index contributed by atoms with van der Waals surface area (Å²) in [5, 5.41) is 6.64. The summed E-state index contributed by atoms with van der Waals surface area (Å²) in [6.45, 7) is 2.07. The number of aromatic nitrogens is 1. The third kappa shape index (κ3) is 4.79. The number of amides is 1. The number of ether oxygens (including phenoxy) is 1. The van der Waals surface area contributed by atoms with E-state index in [1.165, 1.54) is 11.3 Å². The van der Waals surface area contributed by atoms with Crippen molar-refractivity contribution in [3.63, 3.8) is 0 Å². The number of halogens is 1. The second kappa shape index (κ2) is 8.43. The Morgan fingerprint density at radius 3 is 2.59 bits per heavy atom. The molecule has 0 aliphatic carbocycles. The number of carbonyl (C=O) groups is 2. The Bertz CT molecular complexity index is 1020. The first-order valence-corrected chi connectivity index (χ1v) is 9.52. The van der Waals surface area contributed by atoms with Gasteiger partial charge in [-0.3, -0.25) is 10.1 Å². The number of nitrogens with zero attached hydrogens (tertiary/aromatic N) is 1. The van der Waals surface area contributed by atoms with E-state index in [0.29, 0.717) is 33.4 Å². The number of rotatable bonds is 4. The molecule has 2 N–H and O–H groups in total. The highest BCUT2D eigenvalue weighted by atomic mass is 35.5. The Morgan fingerprint density at radius 1 is 1.19 bits per heavy atom. The van der Waals surface area contributed by atoms with Crippen molar-refractivity contribution in [2.45, 2.75) is 6.92 Å². The second-order valence-electron chi connectivity index (χ2n) is 5.34. The molecule has 1 heterocycles. The van der Waals surface area contributed by atoms with Crippen LogP contribution in [-0.4, -0.2) is 28.6 Å². The molecule has 6 nitrogen and oxygen atoms in total. The van der Waals surface area contributed by atoms with Gasteiger partial charge in [-0.15, -0.1) is 0 Å². The van der Waals surface area contributed by atoms with Crippen molar-refractivity contribution in [3.8, 4) is 0 Å². The van der Waals surface area contributed by atoms with Crippen LogP contribution >= 0.6 is 35.2 Å². The van der Waals surface area contributed by atoms with Gasteiger partial charge >= 0.3 is 5.97 Å². The van der Waals surface area contributed by atoms with E-state index in [2.05, 4.69) is 15.6 Å². The largest absolute Gasteiger partial charge is 0.462 e. The van der Waals surface area contributed by atoms with Crippen molar-refractivity contribution >= 4 is 67.5 Å². The number of nitrogens with one attached hydrogen (secondary N) is 2. The highest BCUT2D eigenvalue weighted by Crippen LogP contribution is 2.27. The van der Waals surface area contributed by atoms with Gasteiger partial charge in [-0.2, -0.15) is 0 Å². The molecule has 0 saturated heterocycles. The quantitative estimate of drug-likeness (QED) is 0.486. The average molecular weight is 420 g/mol. The third-order valence-electron chi connectivity index (χ3n) is 3.45. The van der Waals surface area contributed by atoms with Crippen molar-refractivity contribution < 1.29 is 14.3 Å². The van der Waals surface area contributed by atoms with Crippen molar-refractivity contribution in [2.24, 2.45) is 0 Å². The molecule has 0 bridgehead atoms. The lowest BCUT2D eigenvalue weighted by atomic mass is 10.2. The number of esters is 1. The SMILES string of the molecule is CCOC(=O)c1ccc2nc(NC(=S)NC(=O)c3ccc(Cl)cc3)sc2c1. The molecule has 3 aromatic rings. The lowest BCUT2D eigenvalue weighted by molar-refractivity contribution is 0.0526. The molecule has 138 valence electrons. The van der Waals surface area contributed by atoms with Crippen LogP contribution in [0.3, 0.4) is 0 Å². The van der Waals surface area contributed by atoms with Crippen LogP contribution in [0.15, 0.2) is 42.5 Å². The summed E-state index contributed by atoms with van der Waals surface area (Å²) >= 11 is 12.3. The molecule has 0 saturated carbocycles. The van der Waals surface area contributed by atoms with Gasteiger partial charge in [-0.25, -0.2) is 9.78 Å². The lowest BCUT2D eigenvalue weighted by Gasteiger charge is -2.07. The zero-order valence-electron chi connectivity index (χ0n) is 14.1. The van der Waals surface area contributed by atoms with Crippen LogP contribution < -0.4 is 10.6 Å². The normalized spacial score (nSPS) is 10.4. The Morgan fingerprint density at radius 2 is 1.89 bits per heavy atom. The van der Waals surface area contributed by atoms with Gasteiger partial charge in [0.25, 0.3) is 5.91 Å². The van der Waals surface area contributed by atoms with E-state index in [0.717, 1.165) is 4.70 Å². The van der Waals surface area contributed by atoms with Crippen LogP contribution in [0.5, 0.6) is 0 Å². The summed E-state index contributed by atoms with van der Waals surface area (Å²) in [6.07, 6.45) is 0. The zero-order valence-corrected chi connectivity index (χ0v) is 16.5. The van der Waals surface area contributed by atoms with Crippen molar-refractivity contribution in [2.75, 3.05) is 11.9 Å². The van der Waals surface area contributed by atoms with E-state index < -0.39 is 0 Å². The molecule has 0 aliphatic heterocycles. The van der Waals surface area contributed by atoms with Crippen molar-refractivity contribution in [3.05, 3.63) is 58.6 Å². The van der Waals surface area contributed by atoms with E-state index in [1.807, 2.05) is 0 Å². The van der Waals surface area contributed by atoms with Gasteiger partial charge in [0, 0.05) is 10.6 Å². The van der Waals surface area contributed by atoms with Gasteiger partial charge in [0.1, 0.15) is 0 Å². The smallest absolute Gasteiger partial charge is 0.338 e. The molecule has 3 rings (SSSR count). The second-order valence-corrected chi connectivity index (χ2v) is 7.21. The van der Waals surface area contributed by atoms with E-state index >= 15 is 0 Å². The number of thiazole rings is 1. The van der Waals surface area contributed by atoms with E-state index in [4.69, 9.17) is 28.6 Å². The maximum atomic E-state index is 12.2. The lowest BCUT2D eigenvalue weighted by Crippen LogP contribution is -2.34. The molecule has 1 amide bonds. The van der Waals surface area contributed by atoms with Crippen LogP contribution in [0.2, 0.25) is 5.02 Å². The van der Waals surface area contributed by atoms with Crippen LogP contribution in [-0.2, 0) is 4.74 Å². The van der Waals surface area contributed by atoms with Crippen molar-refractivity contribution in [1.82, 2.24) is 10.3 Å². The minimum atomic E-state index is -0.381. The van der Waals surface area contributed by atoms with Crippen LogP contribution in [0.25, 0.3) is 10.2 Å². The van der Waals surface area contributed by atoms with Crippen LogP contribution in [0.1, 0.15) is 27.6 Å². The minimum Gasteiger partial charge on any atom is -0.462 e. The molecular formula is C18H14ClN3O3S2. The van der Waals surface area contributed by atoms with Gasteiger partial charge < -0.3 is 10.1 Å². The first-order valence-electron chi connectivity index (χ1n) is 7.92. The fourth-order valence-corrected chi connectivity index (χ4v) is 3.51. The molecule has 9 heteroatoms. The number of anilines is 1. The van der Waals surface area contributed by atoms with Gasteiger partial charge in [0.05, 0.1) is 22.4 Å². The Hall–Kier alpha value is -2.55. The predicted octanol–water partition coefficient (Wildman–Crippen LogP) is 4.25. The first kappa shape index (κ1) is 19.2. The fraction of sp³-hybridized carbons (Fsp3) is 0.111. The molecular weight excluding hydrogens is 406 g/mol. The van der Waals surface area contributed by atoms with E-state index in [1.54, 1.807) is 49.4 Å². The fourth-order valence-electron chi connectivity index (χ4n) is 2.22. The highest BCUT2D eigenvalue weighted by molar-refractivity contribution is 7.80. The molecule has 0 radical (unpaired) electrons. The monoisotopic (exact) mass is 419 g/mol. The maximum Gasteiger partial charge on any atom is 0.338 e. The van der Waals surface area contributed by atoms with Gasteiger partial charge in [0.2, 0.25) is 0 Å². The third-order valence-corrected chi connectivity index (χ3v) is 4.84. The summed E-state index contributed by atoms with van der Waals surface area (Å²) in [7, 11) is 0. The topological polar surface area (TPSA) is 80.3 Å². The van der Waals surface area contributed by atoms with Gasteiger partial charge in [-0.1, -0.05) is 22.9 Å². The van der Waals surface area contributed by atoms with Crippen LogP contribution in [0, 0.1) is 0 Å². The Labute approximate surface area is 169 Å². The average Bonchev–Trinajstić information content (AvgIpc) is 3.03. The Kier molecular flexibility index (Phi) is 6.00. The molecule has 0 spiro atoms. The molecule has 0 aliphatic rings. The summed E-state index contributed by atoms with van der Waals surface area (Å²) < 4.78 is 5.80. The van der Waals surface area contributed by atoms with E-state index in [9.17, 15) is 9.59 Å². The Balaban J connectivity index is 1.68. The minimum absolute atomic E-state index is 0.125. The number of hydrogen-bond donors (Lipinski definition) is 2. The zero-order chi connectivity index (χ0) is 19.4. The molecule has 0 atom stereocenters. The number of benzene rings is 2. The summed E-state index contributed by atoms with van der Waals surface area (Å²) in [4.78, 5) is 28.4. The number of hydrogen-bond acceptors (Lipinski definition) is 6. The summed E-state index contributed by atoms with van der Waals surface area (Å²) in [6, 6.07) is 11.6.